The van der Waals surface area contributed by atoms with Gasteiger partial charge in [-0.2, -0.15) is 0 Å². The molecule has 3 atom stereocenters. The van der Waals surface area contributed by atoms with Crippen LogP contribution in [0.5, 0.6) is 0 Å². The molecular formula is C10H14BrNS. The van der Waals surface area contributed by atoms with Crippen LogP contribution in [0.1, 0.15) is 24.1 Å². The van der Waals surface area contributed by atoms with Crippen molar-refractivity contribution in [1.82, 2.24) is 5.32 Å². The zero-order valence-electron chi connectivity index (χ0n) is 7.88. The molecule has 0 aromatic carbocycles. The van der Waals surface area contributed by atoms with Crippen LogP contribution in [0.2, 0.25) is 0 Å². The average molecular weight is 260 g/mol. The van der Waals surface area contributed by atoms with Crippen molar-refractivity contribution in [2.24, 2.45) is 5.92 Å². The highest BCUT2D eigenvalue weighted by Gasteiger charge is 2.38. The standard InChI is InChI=1S/C10H14BrNS/c1-6-7(5-8(6)12-2)9-3-4-10(11)13-9/h3-4,6-8,12H,5H2,1-2H3. The maximum absolute atomic E-state index is 3.51. The van der Waals surface area contributed by atoms with Crippen LogP contribution in [0.15, 0.2) is 15.9 Å². The van der Waals surface area contributed by atoms with E-state index >= 15 is 0 Å². The van der Waals surface area contributed by atoms with Gasteiger partial charge >= 0.3 is 0 Å². The van der Waals surface area contributed by atoms with E-state index in [1.165, 1.54) is 15.1 Å². The van der Waals surface area contributed by atoms with Crippen LogP contribution in [-0.2, 0) is 0 Å². The minimum Gasteiger partial charge on any atom is -0.317 e. The molecule has 1 saturated carbocycles. The Morgan fingerprint density at radius 2 is 2.31 bits per heavy atom. The lowest BCUT2D eigenvalue weighted by Gasteiger charge is -2.42. The minimum absolute atomic E-state index is 0.728. The van der Waals surface area contributed by atoms with Crippen LogP contribution in [-0.4, -0.2) is 13.1 Å². The number of thiophene rings is 1. The van der Waals surface area contributed by atoms with E-state index in [1.807, 2.05) is 11.3 Å². The van der Waals surface area contributed by atoms with Crippen molar-refractivity contribution in [2.75, 3.05) is 7.05 Å². The van der Waals surface area contributed by atoms with Gasteiger partial charge in [-0.15, -0.1) is 11.3 Å². The normalized spacial score (nSPS) is 33.0. The zero-order valence-corrected chi connectivity index (χ0v) is 10.3. The summed E-state index contributed by atoms with van der Waals surface area (Å²) in [5.41, 5.74) is 0. The van der Waals surface area contributed by atoms with E-state index in [1.54, 1.807) is 0 Å². The molecule has 0 amide bonds. The molecular weight excluding hydrogens is 246 g/mol. The van der Waals surface area contributed by atoms with Crippen LogP contribution in [0.25, 0.3) is 0 Å². The van der Waals surface area contributed by atoms with Crippen molar-refractivity contribution >= 4 is 27.3 Å². The van der Waals surface area contributed by atoms with Crippen molar-refractivity contribution in [3.05, 3.63) is 20.8 Å². The number of halogens is 1. The predicted molar refractivity (Wildman–Crippen MR) is 61.4 cm³/mol. The molecule has 1 aromatic rings. The third kappa shape index (κ3) is 1.69. The smallest absolute Gasteiger partial charge is 0.0701 e. The molecule has 1 fully saturated rings. The highest BCUT2D eigenvalue weighted by atomic mass is 79.9. The largest absolute Gasteiger partial charge is 0.317 e. The van der Waals surface area contributed by atoms with Crippen molar-refractivity contribution in [3.8, 4) is 0 Å². The van der Waals surface area contributed by atoms with Crippen LogP contribution in [0.4, 0.5) is 0 Å². The van der Waals surface area contributed by atoms with Crippen molar-refractivity contribution in [2.45, 2.75) is 25.3 Å². The van der Waals surface area contributed by atoms with Crippen molar-refractivity contribution in [3.63, 3.8) is 0 Å². The molecule has 1 nitrogen and oxygen atoms in total. The lowest BCUT2D eigenvalue weighted by molar-refractivity contribution is 0.197. The molecule has 0 radical (unpaired) electrons. The lowest BCUT2D eigenvalue weighted by atomic mass is 9.70. The third-order valence-corrected chi connectivity index (χ3v) is 4.86. The fraction of sp³-hybridized carbons (Fsp3) is 0.600. The van der Waals surface area contributed by atoms with Gasteiger partial charge < -0.3 is 5.32 Å². The molecule has 1 N–H and O–H groups in total. The number of hydrogen-bond acceptors (Lipinski definition) is 2. The van der Waals surface area contributed by atoms with Gasteiger partial charge in [-0.1, -0.05) is 6.92 Å². The van der Waals surface area contributed by atoms with Gasteiger partial charge in [-0.3, -0.25) is 0 Å². The molecule has 1 aromatic heterocycles. The predicted octanol–water partition coefficient (Wildman–Crippen LogP) is 3.22. The summed E-state index contributed by atoms with van der Waals surface area (Å²) in [7, 11) is 2.06. The summed E-state index contributed by atoms with van der Waals surface area (Å²) in [6.07, 6.45) is 1.30. The molecule has 0 spiro atoms. The van der Waals surface area contributed by atoms with Gasteiger partial charge in [0.05, 0.1) is 3.79 Å². The van der Waals surface area contributed by atoms with Crippen molar-refractivity contribution in [1.29, 1.82) is 0 Å². The van der Waals surface area contributed by atoms with Crippen LogP contribution >= 0.6 is 27.3 Å². The molecule has 1 aliphatic rings. The van der Waals surface area contributed by atoms with E-state index < -0.39 is 0 Å². The van der Waals surface area contributed by atoms with E-state index in [-0.39, 0.29) is 0 Å². The Bertz CT molecular complexity index is 297. The zero-order chi connectivity index (χ0) is 9.42. The second-order valence-corrected chi connectivity index (χ2v) is 6.23. The summed E-state index contributed by atoms with van der Waals surface area (Å²) in [5, 5.41) is 3.35. The first-order valence-electron chi connectivity index (χ1n) is 4.65. The highest BCUT2D eigenvalue weighted by Crippen LogP contribution is 2.45. The first kappa shape index (κ1) is 9.69. The molecule has 13 heavy (non-hydrogen) atoms. The molecule has 0 aliphatic heterocycles. The van der Waals surface area contributed by atoms with Gasteiger partial charge in [-0.05, 0) is 53.4 Å². The molecule has 0 saturated heterocycles. The van der Waals surface area contributed by atoms with Gasteiger partial charge in [-0.25, -0.2) is 0 Å². The molecule has 1 heterocycles. The van der Waals surface area contributed by atoms with Crippen molar-refractivity contribution < 1.29 is 0 Å². The Kier molecular flexibility index (Phi) is 2.77. The fourth-order valence-electron chi connectivity index (χ4n) is 2.07. The molecule has 3 heteroatoms. The van der Waals surface area contributed by atoms with Gasteiger partial charge in [0.2, 0.25) is 0 Å². The molecule has 72 valence electrons. The Hall–Kier alpha value is 0.140. The Balaban J connectivity index is 2.05. The summed E-state index contributed by atoms with van der Waals surface area (Å²) >= 11 is 5.39. The SMILES string of the molecule is CNC1CC(c2ccc(Br)s2)C1C. The molecule has 3 unspecified atom stereocenters. The molecule has 0 bridgehead atoms. The van der Waals surface area contributed by atoms with E-state index in [0.717, 1.165) is 17.9 Å². The first-order chi connectivity index (χ1) is 6.22. The van der Waals surface area contributed by atoms with Gasteiger partial charge in [0.25, 0.3) is 0 Å². The quantitative estimate of drug-likeness (QED) is 0.860. The molecule has 1 aliphatic carbocycles. The maximum atomic E-state index is 3.51. The third-order valence-electron chi connectivity index (χ3n) is 3.11. The van der Waals surface area contributed by atoms with E-state index in [0.29, 0.717) is 0 Å². The van der Waals surface area contributed by atoms with E-state index in [2.05, 4.69) is 47.4 Å². The first-order valence-corrected chi connectivity index (χ1v) is 6.26. The Morgan fingerprint density at radius 1 is 1.54 bits per heavy atom. The van der Waals surface area contributed by atoms with Gasteiger partial charge in [0.15, 0.2) is 0 Å². The summed E-state index contributed by atoms with van der Waals surface area (Å²) < 4.78 is 1.25. The Labute approximate surface area is 91.7 Å². The monoisotopic (exact) mass is 259 g/mol. The highest BCUT2D eigenvalue weighted by molar-refractivity contribution is 9.11. The van der Waals surface area contributed by atoms with Gasteiger partial charge in [0, 0.05) is 10.9 Å². The molecule has 2 rings (SSSR count). The number of hydrogen-bond donors (Lipinski definition) is 1. The number of nitrogens with one attached hydrogen (secondary N) is 1. The number of rotatable bonds is 2. The topological polar surface area (TPSA) is 12.0 Å². The summed E-state index contributed by atoms with van der Waals surface area (Å²) in [6, 6.07) is 5.13. The van der Waals surface area contributed by atoms with E-state index in [9.17, 15) is 0 Å². The second kappa shape index (κ2) is 3.71. The maximum Gasteiger partial charge on any atom is 0.0701 e. The van der Waals surface area contributed by atoms with E-state index in [4.69, 9.17) is 0 Å². The Morgan fingerprint density at radius 3 is 2.77 bits per heavy atom. The summed E-state index contributed by atoms with van der Waals surface area (Å²) in [4.78, 5) is 1.53. The average Bonchev–Trinajstić information content (AvgIpc) is 2.50. The van der Waals surface area contributed by atoms with Crippen LogP contribution in [0.3, 0.4) is 0 Å². The lowest BCUT2D eigenvalue weighted by Crippen LogP contribution is -2.45. The minimum atomic E-state index is 0.728. The second-order valence-electron chi connectivity index (χ2n) is 3.74. The fourth-order valence-corrected chi connectivity index (χ4v) is 3.72. The summed E-state index contributed by atoms with van der Waals surface area (Å²) in [6.45, 7) is 2.34. The summed E-state index contributed by atoms with van der Waals surface area (Å²) in [5.74, 6) is 1.57. The van der Waals surface area contributed by atoms with Crippen LogP contribution in [0, 0.1) is 5.92 Å². The van der Waals surface area contributed by atoms with Crippen LogP contribution < -0.4 is 5.32 Å². The van der Waals surface area contributed by atoms with Gasteiger partial charge in [0.1, 0.15) is 0 Å².